The quantitative estimate of drug-likeness (QED) is 0.864. The first kappa shape index (κ1) is 18.1. The van der Waals surface area contributed by atoms with Crippen LogP contribution in [0.5, 0.6) is 0 Å². The molecule has 0 bridgehead atoms. The van der Waals surface area contributed by atoms with Gasteiger partial charge in [0.2, 0.25) is 0 Å². The van der Waals surface area contributed by atoms with Gasteiger partial charge in [0.1, 0.15) is 0 Å². The zero-order chi connectivity index (χ0) is 18.7. The average Bonchev–Trinajstić information content (AvgIpc) is 3.17. The molecule has 5 heteroatoms. The van der Waals surface area contributed by atoms with Crippen molar-refractivity contribution in [1.82, 2.24) is 5.32 Å². The number of hydrogen-bond acceptors (Lipinski definition) is 3. The Kier molecular flexibility index (Phi) is 5.38. The van der Waals surface area contributed by atoms with E-state index >= 15 is 0 Å². The molecule has 1 aliphatic rings. The minimum Gasteiger partial charge on any atom is -0.479 e. The number of benzene rings is 2. The Morgan fingerprint density at radius 3 is 2.65 bits per heavy atom. The van der Waals surface area contributed by atoms with Crippen LogP contribution in [-0.2, 0) is 9.53 Å². The predicted octanol–water partition coefficient (Wildman–Crippen LogP) is 3.36. The number of carbonyl (C=O) groups is 2. The van der Waals surface area contributed by atoms with E-state index in [1.54, 1.807) is 18.2 Å². The number of hydrogen-bond donors (Lipinski definition) is 2. The SMILES string of the molecule is Cc1cccc(C(NC(=O)c2cccc(C3CCOC3)c2)C(=O)O)c1C. The fourth-order valence-corrected chi connectivity index (χ4v) is 3.30. The first-order valence-electron chi connectivity index (χ1n) is 8.75. The Morgan fingerprint density at radius 1 is 1.19 bits per heavy atom. The topological polar surface area (TPSA) is 75.6 Å². The Balaban J connectivity index is 1.84. The van der Waals surface area contributed by atoms with E-state index in [1.165, 1.54) is 0 Å². The molecule has 0 radical (unpaired) electrons. The van der Waals surface area contributed by atoms with E-state index in [1.807, 2.05) is 38.1 Å². The van der Waals surface area contributed by atoms with Crippen molar-refractivity contribution in [2.75, 3.05) is 13.2 Å². The Bertz CT molecular complexity index is 825. The lowest BCUT2D eigenvalue weighted by atomic mass is 9.95. The molecule has 26 heavy (non-hydrogen) atoms. The zero-order valence-corrected chi connectivity index (χ0v) is 15.0. The molecule has 1 saturated heterocycles. The molecule has 136 valence electrons. The third kappa shape index (κ3) is 3.78. The standard InChI is InChI=1S/C21H23NO4/c1-13-5-3-8-18(14(13)2)19(21(24)25)22-20(23)16-7-4-6-15(11-16)17-9-10-26-12-17/h3-8,11,17,19H,9-10,12H2,1-2H3,(H,22,23)(H,24,25). The van der Waals surface area contributed by atoms with Crippen LogP contribution in [0.15, 0.2) is 42.5 Å². The Morgan fingerprint density at radius 2 is 1.96 bits per heavy atom. The number of carboxylic acids is 1. The third-order valence-corrected chi connectivity index (χ3v) is 5.03. The van der Waals surface area contributed by atoms with Crippen molar-refractivity contribution < 1.29 is 19.4 Å². The highest BCUT2D eigenvalue weighted by atomic mass is 16.5. The minimum atomic E-state index is -1.08. The normalized spacial score (nSPS) is 17.7. The van der Waals surface area contributed by atoms with Gasteiger partial charge in [-0.15, -0.1) is 0 Å². The number of amides is 1. The molecule has 3 rings (SSSR count). The molecule has 1 heterocycles. The van der Waals surface area contributed by atoms with Gasteiger partial charge in [0.05, 0.1) is 6.61 Å². The van der Waals surface area contributed by atoms with Crippen LogP contribution >= 0.6 is 0 Å². The van der Waals surface area contributed by atoms with E-state index in [2.05, 4.69) is 5.32 Å². The van der Waals surface area contributed by atoms with Gasteiger partial charge in [-0.3, -0.25) is 4.79 Å². The molecule has 1 aliphatic heterocycles. The van der Waals surface area contributed by atoms with Crippen LogP contribution in [0.2, 0.25) is 0 Å². The molecule has 1 amide bonds. The second kappa shape index (κ2) is 7.70. The molecule has 0 spiro atoms. The smallest absolute Gasteiger partial charge is 0.330 e. The van der Waals surface area contributed by atoms with E-state index in [4.69, 9.17) is 4.74 Å². The summed E-state index contributed by atoms with van der Waals surface area (Å²) < 4.78 is 5.41. The van der Waals surface area contributed by atoms with Crippen molar-refractivity contribution in [3.05, 3.63) is 70.3 Å². The van der Waals surface area contributed by atoms with Gasteiger partial charge >= 0.3 is 5.97 Å². The molecule has 5 nitrogen and oxygen atoms in total. The fourth-order valence-electron chi connectivity index (χ4n) is 3.30. The van der Waals surface area contributed by atoms with Crippen LogP contribution in [0.25, 0.3) is 0 Å². The van der Waals surface area contributed by atoms with Gasteiger partial charge in [0.25, 0.3) is 5.91 Å². The maximum absolute atomic E-state index is 12.7. The fraction of sp³-hybridized carbons (Fsp3) is 0.333. The van der Waals surface area contributed by atoms with Gasteiger partial charge in [-0.05, 0) is 54.7 Å². The van der Waals surface area contributed by atoms with Crippen molar-refractivity contribution in [2.24, 2.45) is 0 Å². The number of carbonyl (C=O) groups excluding carboxylic acids is 1. The molecule has 2 unspecified atom stereocenters. The molecule has 1 fully saturated rings. The van der Waals surface area contributed by atoms with Crippen molar-refractivity contribution in [1.29, 1.82) is 0 Å². The number of carboxylic acid groups (broad SMARTS) is 1. The van der Waals surface area contributed by atoms with E-state index in [0.717, 1.165) is 29.7 Å². The van der Waals surface area contributed by atoms with Crippen LogP contribution in [-0.4, -0.2) is 30.2 Å². The lowest BCUT2D eigenvalue weighted by molar-refractivity contribution is -0.139. The van der Waals surface area contributed by atoms with Crippen molar-refractivity contribution in [3.63, 3.8) is 0 Å². The molecule has 2 aromatic carbocycles. The number of aryl methyl sites for hydroxylation is 1. The van der Waals surface area contributed by atoms with Gasteiger partial charge in [-0.2, -0.15) is 0 Å². The average molecular weight is 353 g/mol. The van der Waals surface area contributed by atoms with Crippen LogP contribution in [0.4, 0.5) is 0 Å². The van der Waals surface area contributed by atoms with Crippen molar-refractivity contribution in [2.45, 2.75) is 32.2 Å². The first-order valence-corrected chi connectivity index (χ1v) is 8.75. The lowest BCUT2D eigenvalue weighted by Gasteiger charge is -2.18. The predicted molar refractivity (Wildman–Crippen MR) is 98.4 cm³/mol. The van der Waals surface area contributed by atoms with Crippen LogP contribution in [0.3, 0.4) is 0 Å². The Hall–Kier alpha value is -2.66. The van der Waals surface area contributed by atoms with Gasteiger partial charge in [0.15, 0.2) is 6.04 Å². The summed E-state index contributed by atoms with van der Waals surface area (Å²) in [6.45, 7) is 5.18. The van der Waals surface area contributed by atoms with Crippen LogP contribution < -0.4 is 5.32 Å². The summed E-state index contributed by atoms with van der Waals surface area (Å²) in [6, 6.07) is 11.7. The van der Waals surface area contributed by atoms with Gasteiger partial charge < -0.3 is 15.2 Å². The molecule has 2 atom stereocenters. The molecule has 0 aromatic heterocycles. The zero-order valence-electron chi connectivity index (χ0n) is 15.0. The summed E-state index contributed by atoms with van der Waals surface area (Å²) >= 11 is 0. The maximum atomic E-state index is 12.7. The molecule has 2 aromatic rings. The second-order valence-corrected chi connectivity index (χ2v) is 6.72. The summed E-state index contributed by atoms with van der Waals surface area (Å²) in [5.41, 5.74) is 3.98. The molecule has 2 N–H and O–H groups in total. The molecular weight excluding hydrogens is 330 g/mol. The highest BCUT2D eigenvalue weighted by Gasteiger charge is 2.25. The van der Waals surface area contributed by atoms with E-state index < -0.39 is 12.0 Å². The van der Waals surface area contributed by atoms with Crippen molar-refractivity contribution in [3.8, 4) is 0 Å². The minimum absolute atomic E-state index is 0.289. The number of aliphatic carboxylic acids is 1. The number of rotatable bonds is 5. The highest BCUT2D eigenvalue weighted by Crippen LogP contribution is 2.26. The van der Waals surface area contributed by atoms with Crippen molar-refractivity contribution >= 4 is 11.9 Å². The maximum Gasteiger partial charge on any atom is 0.330 e. The highest BCUT2D eigenvalue weighted by molar-refractivity contribution is 5.97. The van der Waals surface area contributed by atoms with E-state index in [-0.39, 0.29) is 11.8 Å². The lowest BCUT2D eigenvalue weighted by Crippen LogP contribution is -2.34. The molecule has 0 aliphatic carbocycles. The number of ether oxygens (including phenoxy) is 1. The van der Waals surface area contributed by atoms with Gasteiger partial charge in [-0.1, -0.05) is 30.3 Å². The number of nitrogens with one attached hydrogen (secondary N) is 1. The van der Waals surface area contributed by atoms with Gasteiger partial charge in [-0.25, -0.2) is 4.79 Å². The van der Waals surface area contributed by atoms with E-state index in [0.29, 0.717) is 17.7 Å². The van der Waals surface area contributed by atoms with E-state index in [9.17, 15) is 14.7 Å². The third-order valence-electron chi connectivity index (χ3n) is 5.03. The monoisotopic (exact) mass is 353 g/mol. The Labute approximate surface area is 153 Å². The molecule has 0 saturated carbocycles. The van der Waals surface area contributed by atoms with Crippen LogP contribution in [0.1, 0.15) is 51.0 Å². The second-order valence-electron chi connectivity index (χ2n) is 6.72. The molecular formula is C21H23NO4. The summed E-state index contributed by atoms with van der Waals surface area (Å²) in [5.74, 6) is -1.18. The summed E-state index contributed by atoms with van der Waals surface area (Å²) in [5, 5.41) is 12.3. The summed E-state index contributed by atoms with van der Waals surface area (Å²) in [4.78, 5) is 24.5. The largest absolute Gasteiger partial charge is 0.479 e. The first-order chi connectivity index (χ1) is 12.5. The summed E-state index contributed by atoms with van der Waals surface area (Å²) in [6.07, 6.45) is 0.936. The van der Waals surface area contributed by atoms with Crippen LogP contribution in [0, 0.1) is 13.8 Å². The summed E-state index contributed by atoms with van der Waals surface area (Å²) in [7, 11) is 0. The van der Waals surface area contributed by atoms with Gasteiger partial charge in [0, 0.05) is 18.1 Å².